The summed E-state index contributed by atoms with van der Waals surface area (Å²) in [7, 11) is 0. The van der Waals surface area contributed by atoms with Gasteiger partial charge in [0.25, 0.3) is 0 Å². The zero-order valence-corrected chi connectivity index (χ0v) is 13.3. The number of rotatable bonds is 5. The van der Waals surface area contributed by atoms with E-state index < -0.39 is 22.9 Å². The normalized spacial score (nSPS) is 15.9. The fourth-order valence-corrected chi connectivity index (χ4v) is 2.20. The Balaban J connectivity index is 3.33. The van der Waals surface area contributed by atoms with E-state index in [0.717, 1.165) is 0 Å². The highest BCUT2D eigenvalue weighted by Crippen LogP contribution is 2.36. The summed E-state index contributed by atoms with van der Waals surface area (Å²) in [5, 5.41) is 10.7. The summed E-state index contributed by atoms with van der Waals surface area (Å²) in [6, 6.07) is 8.85. The average Bonchev–Trinajstić information content (AvgIpc) is 2.39. The summed E-state index contributed by atoms with van der Waals surface area (Å²) in [5.41, 5.74) is -1.98. The number of aliphatic hydroxyl groups is 1. The van der Waals surface area contributed by atoms with Crippen molar-refractivity contribution in [2.24, 2.45) is 5.41 Å². The standard InChI is InChI=1S/C17H24O4/c1-6-21-15(19)17(5,20)13(14(18)16(2,3)4)12-10-8-7-9-11-12/h7-11,13,20H,6H2,1-5H3. The van der Waals surface area contributed by atoms with Gasteiger partial charge < -0.3 is 9.84 Å². The summed E-state index contributed by atoms with van der Waals surface area (Å²) in [6.45, 7) is 8.47. The zero-order chi connectivity index (χ0) is 16.3. The van der Waals surface area contributed by atoms with Gasteiger partial charge in [0.15, 0.2) is 5.60 Å². The first-order valence-electron chi connectivity index (χ1n) is 7.11. The molecule has 1 rings (SSSR count). The van der Waals surface area contributed by atoms with Crippen molar-refractivity contribution in [3.63, 3.8) is 0 Å². The van der Waals surface area contributed by atoms with Crippen molar-refractivity contribution < 1.29 is 19.4 Å². The van der Waals surface area contributed by atoms with Crippen molar-refractivity contribution in [1.82, 2.24) is 0 Å². The predicted molar refractivity (Wildman–Crippen MR) is 80.9 cm³/mol. The van der Waals surface area contributed by atoms with E-state index in [-0.39, 0.29) is 12.4 Å². The minimum atomic E-state index is -1.90. The third-order valence-electron chi connectivity index (χ3n) is 3.39. The lowest BCUT2D eigenvalue weighted by molar-refractivity contribution is -0.168. The summed E-state index contributed by atoms with van der Waals surface area (Å²) < 4.78 is 4.93. The summed E-state index contributed by atoms with van der Waals surface area (Å²) in [5.74, 6) is -1.94. The van der Waals surface area contributed by atoms with Gasteiger partial charge in [-0.3, -0.25) is 4.79 Å². The average molecular weight is 292 g/mol. The Morgan fingerprint density at radius 1 is 1.14 bits per heavy atom. The van der Waals surface area contributed by atoms with E-state index in [1.54, 1.807) is 52.0 Å². The number of Topliss-reactive ketones (excluding diaryl/α,β-unsaturated/α-hetero) is 1. The smallest absolute Gasteiger partial charge is 0.338 e. The Bertz CT molecular complexity index is 497. The molecule has 0 aromatic heterocycles. The monoisotopic (exact) mass is 292 g/mol. The molecule has 0 fully saturated rings. The lowest BCUT2D eigenvalue weighted by Crippen LogP contribution is -2.48. The summed E-state index contributed by atoms with van der Waals surface area (Å²) >= 11 is 0. The molecule has 0 aliphatic rings. The zero-order valence-electron chi connectivity index (χ0n) is 13.3. The summed E-state index contributed by atoms with van der Waals surface area (Å²) in [6.07, 6.45) is 0. The molecule has 21 heavy (non-hydrogen) atoms. The van der Waals surface area contributed by atoms with Crippen molar-refractivity contribution in [2.45, 2.75) is 46.1 Å². The van der Waals surface area contributed by atoms with Gasteiger partial charge in [0.1, 0.15) is 5.78 Å². The van der Waals surface area contributed by atoms with Crippen molar-refractivity contribution in [3.8, 4) is 0 Å². The molecule has 0 aliphatic carbocycles. The minimum Gasteiger partial charge on any atom is -0.464 e. The molecule has 1 N–H and O–H groups in total. The molecule has 2 unspecified atom stereocenters. The van der Waals surface area contributed by atoms with E-state index in [0.29, 0.717) is 5.56 Å². The van der Waals surface area contributed by atoms with E-state index in [9.17, 15) is 14.7 Å². The van der Waals surface area contributed by atoms with Crippen LogP contribution in [0.3, 0.4) is 0 Å². The first kappa shape index (κ1) is 17.4. The molecule has 0 aliphatic heterocycles. The molecule has 0 saturated heterocycles. The van der Waals surface area contributed by atoms with Crippen LogP contribution in [0.1, 0.15) is 46.1 Å². The van der Waals surface area contributed by atoms with Gasteiger partial charge in [-0.25, -0.2) is 4.79 Å². The van der Waals surface area contributed by atoms with E-state index in [4.69, 9.17) is 4.74 Å². The van der Waals surface area contributed by atoms with Crippen LogP contribution in [0.2, 0.25) is 0 Å². The fraction of sp³-hybridized carbons (Fsp3) is 0.529. The maximum absolute atomic E-state index is 12.8. The third kappa shape index (κ3) is 3.91. The maximum atomic E-state index is 12.8. The minimum absolute atomic E-state index is 0.153. The number of ketones is 1. The van der Waals surface area contributed by atoms with Crippen LogP contribution in [-0.2, 0) is 14.3 Å². The molecule has 0 saturated carbocycles. The predicted octanol–water partition coefficient (Wildman–Crippen LogP) is 2.70. The second-order valence-electron chi connectivity index (χ2n) is 6.33. The van der Waals surface area contributed by atoms with Gasteiger partial charge in [-0.15, -0.1) is 0 Å². The second kappa shape index (κ2) is 6.39. The van der Waals surface area contributed by atoms with Crippen molar-refractivity contribution in [3.05, 3.63) is 35.9 Å². The van der Waals surface area contributed by atoms with Crippen LogP contribution in [0.25, 0.3) is 0 Å². The molecule has 116 valence electrons. The molecule has 0 heterocycles. The highest BCUT2D eigenvalue weighted by Gasteiger charge is 2.48. The Hall–Kier alpha value is -1.68. The Labute approximate surface area is 126 Å². The number of ether oxygens (including phenoxy) is 1. The summed E-state index contributed by atoms with van der Waals surface area (Å²) in [4.78, 5) is 24.8. The van der Waals surface area contributed by atoms with Crippen LogP contribution >= 0.6 is 0 Å². The molecule has 0 bridgehead atoms. The lowest BCUT2D eigenvalue weighted by atomic mass is 9.72. The van der Waals surface area contributed by atoms with Crippen LogP contribution in [0.5, 0.6) is 0 Å². The van der Waals surface area contributed by atoms with E-state index >= 15 is 0 Å². The van der Waals surface area contributed by atoms with Gasteiger partial charge in [-0.05, 0) is 19.4 Å². The van der Waals surface area contributed by atoms with E-state index in [2.05, 4.69) is 0 Å². The van der Waals surface area contributed by atoms with Gasteiger partial charge in [0.2, 0.25) is 0 Å². The number of benzene rings is 1. The number of carbonyl (C=O) groups is 2. The number of esters is 1. The largest absolute Gasteiger partial charge is 0.464 e. The topological polar surface area (TPSA) is 63.6 Å². The van der Waals surface area contributed by atoms with Crippen LogP contribution < -0.4 is 0 Å². The fourth-order valence-electron chi connectivity index (χ4n) is 2.20. The number of hydrogen-bond donors (Lipinski definition) is 1. The molecular weight excluding hydrogens is 268 g/mol. The lowest BCUT2D eigenvalue weighted by Gasteiger charge is -2.34. The Morgan fingerprint density at radius 2 is 1.67 bits per heavy atom. The molecule has 1 aromatic carbocycles. The quantitative estimate of drug-likeness (QED) is 0.848. The van der Waals surface area contributed by atoms with Gasteiger partial charge in [-0.1, -0.05) is 51.1 Å². The molecule has 2 atom stereocenters. The van der Waals surface area contributed by atoms with Crippen LogP contribution in [0.4, 0.5) is 0 Å². The van der Waals surface area contributed by atoms with Crippen LogP contribution in [-0.4, -0.2) is 29.1 Å². The van der Waals surface area contributed by atoms with Crippen LogP contribution in [0.15, 0.2) is 30.3 Å². The molecule has 0 amide bonds. The molecule has 1 aromatic rings. The van der Waals surface area contributed by atoms with E-state index in [1.165, 1.54) is 6.92 Å². The van der Waals surface area contributed by atoms with Crippen molar-refractivity contribution in [2.75, 3.05) is 6.61 Å². The Morgan fingerprint density at radius 3 is 2.10 bits per heavy atom. The van der Waals surface area contributed by atoms with Gasteiger partial charge >= 0.3 is 5.97 Å². The van der Waals surface area contributed by atoms with Gasteiger partial charge in [0, 0.05) is 5.41 Å². The second-order valence-corrected chi connectivity index (χ2v) is 6.33. The number of hydrogen-bond acceptors (Lipinski definition) is 4. The SMILES string of the molecule is CCOC(=O)C(C)(O)C(C(=O)C(C)(C)C)c1ccccc1. The number of carbonyl (C=O) groups excluding carboxylic acids is 2. The first-order chi connectivity index (χ1) is 9.62. The molecule has 0 spiro atoms. The molecule has 0 radical (unpaired) electrons. The van der Waals surface area contributed by atoms with Crippen LogP contribution in [0, 0.1) is 5.41 Å². The molecule has 4 nitrogen and oxygen atoms in total. The van der Waals surface area contributed by atoms with Gasteiger partial charge in [0.05, 0.1) is 12.5 Å². The molecule has 4 heteroatoms. The van der Waals surface area contributed by atoms with Crippen molar-refractivity contribution in [1.29, 1.82) is 0 Å². The van der Waals surface area contributed by atoms with Gasteiger partial charge in [-0.2, -0.15) is 0 Å². The first-order valence-corrected chi connectivity index (χ1v) is 7.11. The third-order valence-corrected chi connectivity index (χ3v) is 3.39. The highest BCUT2D eigenvalue weighted by atomic mass is 16.5. The Kier molecular flexibility index (Phi) is 5.29. The molecular formula is C17H24O4. The van der Waals surface area contributed by atoms with E-state index in [1.807, 2.05) is 6.07 Å². The maximum Gasteiger partial charge on any atom is 0.338 e. The highest BCUT2D eigenvalue weighted by molar-refractivity contribution is 5.97. The van der Waals surface area contributed by atoms with Crippen molar-refractivity contribution >= 4 is 11.8 Å².